The van der Waals surface area contributed by atoms with Crippen molar-refractivity contribution in [2.45, 2.75) is 37.9 Å². The third kappa shape index (κ3) is 2.56. The van der Waals surface area contributed by atoms with Gasteiger partial charge in [-0.3, -0.25) is 9.78 Å². The molecule has 0 bridgehead atoms. The van der Waals surface area contributed by atoms with Crippen LogP contribution in [0.1, 0.15) is 35.3 Å². The van der Waals surface area contributed by atoms with E-state index in [0.717, 1.165) is 31.6 Å². The van der Waals surface area contributed by atoms with E-state index in [-0.39, 0.29) is 17.6 Å². The summed E-state index contributed by atoms with van der Waals surface area (Å²) in [6.07, 6.45) is 4.61. The third-order valence-electron chi connectivity index (χ3n) is 4.72. The fraction of sp³-hybridized carbons (Fsp3) is 0.625. The Labute approximate surface area is 125 Å². The molecule has 0 N–H and O–H groups in total. The lowest BCUT2D eigenvalue weighted by Gasteiger charge is -2.44. The molecule has 3 rings (SSSR count). The molecule has 21 heavy (non-hydrogen) atoms. The van der Waals surface area contributed by atoms with E-state index >= 15 is 0 Å². The van der Waals surface area contributed by atoms with Crippen LogP contribution < -0.4 is 0 Å². The average Bonchev–Trinajstić information content (AvgIpc) is 2.97. The zero-order chi connectivity index (χ0) is 14.9. The van der Waals surface area contributed by atoms with E-state index in [1.807, 2.05) is 17.9 Å². The highest BCUT2D eigenvalue weighted by molar-refractivity contribution is 5.95. The Morgan fingerprint density at radius 1 is 1.52 bits per heavy atom. The van der Waals surface area contributed by atoms with Crippen LogP contribution in [0.5, 0.6) is 0 Å². The number of hydrogen-bond acceptors (Lipinski definition) is 4. The van der Waals surface area contributed by atoms with Crippen LogP contribution in [0, 0.1) is 6.92 Å². The molecule has 5 nitrogen and oxygen atoms in total. The minimum Gasteiger partial charge on any atom is -0.377 e. The van der Waals surface area contributed by atoms with E-state index in [4.69, 9.17) is 9.47 Å². The predicted molar refractivity (Wildman–Crippen MR) is 78.2 cm³/mol. The maximum Gasteiger partial charge on any atom is 0.255 e. The molecular formula is C16H22N2O3. The molecule has 1 aromatic rings. The number of amides is 1. The molecule has 2 aliphatic heterocycles. The molecule has 0 radical (unpaired) electrons. The summed E-state index contributed by atoms with van der Waals surface area (Å²) < 4.78 is 11.6. The van der Waals surface area contributed by atoms with Crippen LogP contribution >= 0.6 is 0 Å². The van der Waals surface area contributed by atoms with Gasteiger partial charge in [-0.25, -0.2) is 0 Å². The van der Waals surface area contributed by atoms with Crippen molar-refractivity contribution in [3.8, 4) is 0 Å². The van der Waals surface area contributed by atoms with Gasteiger partial charge in [-0.05, 0) is 38.3 Å². The summed E-state index contributed by atoms with van der Waals surface area (Å²) in [5, 5.41) is 0. The van der Waals surface area contributed by atoms with Gasteiger partial charge in [-0.15, -0.1) is 0 Å². The van der Waals surface area contributed by atoms with Crippen molar-refractivity contribution in [3.05, 3.63) is 29.6 Å². The molecule has 2 aliphatic rings. The number of methoxy groups -OCH3 is 1. The average molecular weight is 290 g/mol. The lowest BCUT2D eigenvalue weighted by atomic mass is 9.85. The standard InChI is InChI=1S/C16H22N2O3/c1-12-13(5-3-8-17-12)15(19)18-9-7-16(6-4-10-21-16)14(11-18)20-2/h3,5,8,14H,4,6-7,9-11H2,1-2H3/t14-,16-/m0/s1. The van der Waals surface area contributed by atoms with Gasteiger partial charge in [0.1, 0.15) is 6.10 Å². The van der Waals surface area contributed by atoms with E-state index in [1.54, 1.807) is 19.4 Å². The molecule has 1 spiro atoms. The number of aryl methyl sites for hydroxylation is 1. The molecule has 2 atom stereocenters. The van der Waals surface area contributed by atoms with Gasteiger partial charge in [-0.1, -0.05) is 0 Å². The van der Waals surface area contributed by atoms with Crippen LogP contribution in [0.4, 0.5) is 0 Å². The summed E-state index contributed by atoms with van der Waals surface area (Å²) >= 11 is 0. The topological polar surface area (TPSA) is 51.7 Å². The number of rotatable bonds is 2. The number of piperidine rings is 1. The summed E-state index contributed by atoms with van der Waals surface area (Å²) in [5.74, 6) is 0.0375. The van der Waals surface area contributed by atoms with Crippen LogP contribution in [0.3, 0.4) is 0 Å². The normalized spacial score (nSPS) is 29.0. The van der Waals surface area contributed by atoms with Gasteiger partial charge in [0, 0.05) is 38.7 Å². The van der Waals surface area contributed by atoms with Crippen LogP contribution in [0.2, 0.25) is 0 Å². The van der Waals surface area contributed by atoms with E-state index in [9.17, 15) is 4.79 Å². The van der Waals surface area contributed by atoms with Gasteiger partial charge in [0.25, 0.3) is 5.91 Å². The molecule has 2 saturated heterocycles. The Balaban J connectivity index is 1.76. The Bertz CT molecular complexity index is 526. The molecule has 1 amide bonds. The number of carbonyl (C=O) groups excluding carboxylic acids is 1. The van der Waals surface area contributed by atoms with Gasteiger partial charge in [-0.2, -0.15) is 0 Å². The summed E-state index contributed by atoms with van der Waals surface area (Å²) in [4.78, 5) is 18.7. The lowest BCUT2D eigenvalue weighted by Crippen LogP contribution is -2.57. The molecule has 114 valence electrons. The van der Waals surface area contributed by atoms with Crippen LogP contribution in [0.15, 0.2) is 18.3 Å². The Kier molecular flexibility index (Phi) is 3.95. The quantitative estimate of drug-likeness (QED) is 0.833. The van der Waals surface area contributed by atoms with Crippen LogP contribution in [-0.2, 0) is 9.47 Å². The molecule has 3 heterocycles. The smallest absolute Gasteiger partial charge is 0.255 e. The van der Waals surface area contributed by atoms with E-state index in [0.29, 0.717) is 18.7 Å². The lowest BCUT2D eigenvalue weighted by molar-refractivity contribution is -0.136. The first kappa shape index (κ1) is 14.5. The third-order valence-corrected chi connectivity index (χ3v) is 4.72. The fourth-order valence-corrected chi connectivity index (χ4v) is 3.47. The van der Waals surface area contributed by atoms with E-state index in [2.05, 4.69) is 4.98 Å². The Morgan fingerprint density at radius 2 is 2.38 bits per heavy atom. The molecule has 2 fully saturated rings. The van der Waals surface area contributed by atoms with Crippen LogP contribution in [0.25, 0.3) is 0 Å². The number of aromatic nitrogens is 1. The zero-order valence-corrected chi connectivity index (χ0v) is 12.7. The summed E-state index contributed by atoms with van der Waals surface area (Å²) in [6.45, 7) is 3.97. The highest BCUT2D eigenvalue weighted by atomic mass is 16.5. The molecule has 1 aromatic heterocycles. The molecular weight excluding hydrogens is 268 g/mol. The van der Waals surface area contributed by atoms with E-state index < -0.39 is 0 Å². The Morgan fingerprint density at radius 3 is 3.05 bits per heavy atom. The maximum absolute atomic E-state index is 12.7. The first-order valence-electron chi connectivity index (χ1n) is 7.54. The summed E-state index contributed by atoms with van der Waals surface area (Å²) in [6, 6.07) is 3.64. The minimum absolute atomic E-state index is 0.0375. The molecule has 0 saturated carbocycles. The van der Waals surface area contributed by atoms with Crippen molar-refractivity contribution in [3.63, 3.8) is 0 Å². The van der Waals surface area contributed by atoms with Gasteiger partial charge in [0.2, 0.25) is 0 Å². The minimum atomic E-state index is -0.185. The van der Waals surface area contributed by atoms with Gasteiger partial charge >= 0.3 is 0 Å². The van der Waals surface area contributed by atoms with Crippen molar-refractivity contribution >= 4 is 5.91 Å². The van der Waals surface area contributed by atoms with Gasteiger partial charge in [0.05, 0.1) is 11.2 Å². The van der Waals surface area contributed by atoms with Crippen molar-refractivity contribution in [1.29, 1.82) is 0 Å². The number of ether oxygens (including phenoxy) is 2. The van der Waals surface area contributed by atoms with Crippen molar-refractivity contribution in [2.24, 2.45) is 0 Å². The van der Waals surface area contributed by atoms with Gasteiger partial charge < -0.3 is 14.4 Å². The molecule has 0 aromatic carbocycles. The Hall–Kier alpha value is -1.46. The van der Waals surface area contributed by atoms with Crippen molar-refractivity contribution in [1.82, 2.24) is 9.88 Å². The van der Waals surface area contributed by atoms with Crippen LogP contribution in [-0.4, -0.2) is 54.3 Å². The predicted octanol–water partition coefficient (Wildman–Crippen LogP) is 1.80. The second kappa shape index (κ2) is 5.73. The summed E-state index contributed by atoms with van der Waals surface area (Å²) in [7, 11) is 1.71. The molecule has 0 unspecified atom stereocenters. The molecule has 5 heteroatoms. The van der Waals surface area contributed by atoms with Crippen molar-refractivity contribution in [2.75, 3.05) is 26.8 Å². The molecule has 0 aliphatic carbocycles. The van der Waals surface area contributed by atoms with Crippen molar-refractivity contribution < 1.29 is 14.3 Å². The fourth-order valence-electron chi connectivity index (χ4n) is 3.47. The summed E-state index contributed by atoms with van der Waals surface area (Å²) in [5.41, 5.74) is 1.26. The number of nitrogens with zero attached hydrogens (tertiary/aromatic N) is 2. The number of likely N-dealkylation sites (tertiary alicyclic amines) is 1. The largest absolute Gasteiger partial charge is 0.377 e. The number of hydrogen-bond donors (Lipinski definition) is 0. The zero-order valence-electron chi connectivity index (χ0n) is 12.7. The highest BCUT2D eigenvalue weighted by Gasteiger charge is 2.47. The first-order valence-corrected chi connectivity index (χ1v) is 7.54. The second-order valence-electron chi connectivity index (χ2n) is 5.88. The highest BCUT2D eigenvalue weighted by Crippen LogP contribution is 2.37. The first-order chi connectivity index (χ1) is 10.2. The SMILES string of the molecule is CO[C@H]1CN(C(=O)c2cccnc2C)CC[C@@]12CCCO2. The monoisotopic (exact) mass is 290 g/mol. The van der Waals surface area contributed by atoms with Gasteiger partial charge in [0.15, 0.2) is 0 Å². The van der Waals surface area contributed by atoms with E-state index in [1.165, 1.54) is 0 Å². The second-order valence-corrected chi connectivity index (χ2v) is 5.88. The maximum atomic E-state index is 12.7. The number of pyridine rings is 1. The number of carbonyl (C=O) groups is 1.